The van der Waals surface area contributed by atoms with Crippen LogP contribution in [0.5, 0.6) is 0 Å². The lowest BCUT2D eigenvalue weighted by atomic mass is 10.1. The predicted octanol–water partition coefficient (Wildman–Crippen LogP) is 6.10. The number of pyridine rings is 2. The van der Waals surface area contributed by atoms with E-state index >= 15 is 0 Å². The minimum atomic E-state index is -3.53. The van der Waals surface area contributed by atoms with Gasteiger partial charge in [-0.2, -0.15) is 8.78 Å². The largest absolute Gasteiger partial charge is 0.322 e. The van der Waals surface area contributed by atoms with Crippen LogP contribution in [-0.4, -0.2) is 43.5 Å². The first-order valence-electron chi connectivity index (χ1n) is 12.4. The standard InChI is InChI=1S/C29H26ClF2N4O4PS/c1-17-21(10-12-26(34-17)29(31,32)41)28(38)36(2)25-14-18(7-8-19(25)16-42(3,39)40)27(37)35-20-9-11-23(30)22(15-20)24-6-4-5-13-33-24/h4-15H,16,41H2,1-3H3,(H,35,37). The highest BCUT2D eigenvalue weighted by molar-refractivity contribution is 7.89. The highest BCUT2D eigenvalue weighted by Crippen LogP contribution is 2.34. The topological polar surface area (TPSA) is 109 Å². The molecule has 2 amide bonds. The summed E-state index contributed by atoms with van der Waals surface area (Å²) in [4.78, 5) is 36.0. The predicted molar refractivity (Wildman–Crippen MR) is 163 cm³/mol. The summed E-state index contributed by atoms with van der Waals surface area (Å²) >= 11 is 6.35. The zero-order valence-electron chi connectivity index (χ0n) is 22.7. The number of carbonyl (C=O) groups excluding carboxylic acids is 2. The Kier molecular flexibility index (Phi) is 9.06. The molecule has 2 aromatic heterocycles. The molecule has 0 bridgehead atoms. The number of benzene rings is 2. The maximum Gasteiger partial charge on any atom is 0.300 e. The fourth-order valence-electron chi connectivity index (χ4n) is 4.21. The summed E-state index contributed by atoms with van der Waals surface area (Å²) in [5.74, 6) is -1.55. The van der Waals surface area contributed by atoms with Gasteiger partial charge < -0.3 is 10.2 Å². The monoisotopic (exact) mass is 630 g/mol. The quantitative estimate of drug-likeness (QED) is 0.236. The van der Waals surface area contributed by atoms with Crippen LogP contribution in [-0.2, 0) is 21.3 Å². The number of aryl methyl sites for hydroxylation is 1. The lowest BCUT2D eigenvalue weighted by Gasteiger charge is -2.23. The number of hydrogen-bond acceptors (Lipinski definition) is 6. The van der Waals surface area contributed by atoms with Gasteiger partial charge in [-0.05, 0) is 67.1 Å². The Morgan fingerprint density at radius 1 is 1.07 bits per heavy atom. The number of aromatic nitrogens is 2. The second-order valence-electron chi connectivity index (χ2n) is 9.59. The summed E-state index contributed by atoms with van der Waals surface area (Å²) in [6.45, 7) is 1.42. The Bertz CT molecular complexity index is 1780. The molecule has 1 atom stereocenters. The first-order chi connectivity index (χ1) is 19.6. The van der Waals surface area contributed by atoms with Gasteiger partial charge in [0.15, 0.2) is 9.84 Å². The van der Waals surface area contributed by atoms with Crippen LogP contribution in [0.25, 0.3) is 11.3 Å². The molecule has 4 aromatic rings. The van der Waals surface area contributed by atoms with Gasteiger partial charge in [-0.15, -0.1) is 0 Å². The number of carbonyl (C=O) groups is 2. The molecule has 1 unspecified atom stereocenters. The van der Waals surface area contributed by atoms with Crippen molar-refractivity contribution < 1.29 is 26.8 Å². The molecule has 8 nitrogen and oxygen atoms in total. The minimum Gasteiger partial charge on any atom is -0.322 e. The van der Waals surface area contributed by atoms with Crippen molar-refractivity contribution in [2.75, 3.05) is 23.5 Å². The van der Waals surface area contributed by atoms with Crippen LogP contribution in [0.3, 0.4) is 0 Å². The molecule has 0 aliphatic heterocycles. The number of rotatable bonds is 8. The van der Waals surface area contributed by atoms with Gasteiger partial charge in [0.25, 0.3) is 17.5 Å². The summed E-state index contributed by atoms with van der Waals surface area (Å²) in [5, 5.41) is 3.23. The van der Waals surface area contributed by atoms with Crippen LogP contribution in [0.2, 0.25) is 5.02 Å². The van der Waals surface area contributed by atoms with Crippen LogP contribution >= 0.6 is 20.8 Å². The van der Waals surface area contributed by atoms with Crippen molar-refractivity contribution in [1.29, 1.82) is 0 Å². The van der Waals surface area contributed by atoms with E-state index in [1.54, 1.807) is 36.5 Å². The zero-order valence-corrected chi connectivity index (χ0v) is 25.5. The van der Waals surface area contributed by atoms with Crippen LogP contribution in [0.1, 0.15) is 37.7 Å². The van der Waals surface area contributed by atoms with E-state index in [0.717, 1.165) is 12.3 Å². The van der Waals surface area contributed by atoms with Crippen molar-refractivity contribution in [3.8, 4) is 11.3 Å². The molecule has 0 aliphatic carbocycles. The van der Waals surface area contributed by atoms with E-state index in [4.69, 9.17) is 11.6 Å². The number of nitrogens with zero attached hydrogens (tertiary/aromatic N) is 3. The number of alkyl halides is 2. The number of hydrogen-bond donors (Lipinski definition) is 1. The summed E-state index contributed by atoms with van der Waals surface area (Å²) in [7, 11) is -0.726. The van der Waals surface area contributed by atoms with Gasteiger partial charge in [0, 0.05) is 42.0 Å². The van der Waals surface area contributed by atoms with Crippen molar-refractivity contribution in [3.63, 3.8) is 0 Å². The van der Waals surface area contributed by atoms with Crippen LogP contribution in [0.4, 0.5) is 20.2 Å². The Morgan fingerprint density at radius 2 is 1.81 bits per heavy atom. The number of nitrogens with one attached hydrogen (secondary N) is 1. The molecular formula is C29H26ClF2N4O4PS. The first kappa shape index (κ1) is 31.2. The maximum atomic E-state index is 13.7. The molecule has 2 heterocycles. The van der Waals surface area contributed by atoms with E-state index in [2.05, 4.69) is 15.3 Å². The Balaban J connectivity index is 1.68. The van der Waals surface area contributed by atoms with Crippen molar-refractivity contribution in [2.24, 2.45) is 0 Å². The molecule has 2 aromatic carbocycles. The molecule has 0 fully saturated rings. The van der Waals surface area contributed by atoms with Crippen LogP contribution in [0.15, 0.2) is 72.9 Å². The highest BCUT2D eigenvalue weighted by Gasteiger charge is 2.28. The second kappa shape index (κ2) is 12.2. The molecule has 0 aliphatic rings. The zero-order chi connectivity index (χ0) is 30.8. The molecule has 0 saturated heterocycles. The van der Waals surface area contributed by atoms with Gasteiger partial charge in [0.05, 0.1) is 27.7 Å². The van der Waals surface area contributed by atoms with Crippen molar-refractivity contribution in [3.05, 3.63) is 106 Å². The Hall–Kier alpha value is -3.79. The molecule has 0 radical (unpaired) electrons. The van der Waals surface area contributed by atoms with E-state index < -0.39 is 38.8 Å². The summed E-state index contributed by atoms with van der Waals surface area (Å²) < 4.78 is 51.7. The third-order valence-corrected chi connectivity index (χ3v) is 7.71. The Labute approximate surface area is 249 Å². The maximum absolute atomic E-state index is 13.7. The van der Waals surface area contributed by atoms with Crippen molar-refractivity contribution in [2.45, 2.75) is 18.3 Å². The summed E-state index contributed by atoms with van der Waals surface area (Å²) in [6.07, 6.45) is 2.67. The normalized spacial score (nSPS) is 11.7. The average molecular weight is 631 g/mol. The van der Waals surface area contributed by atoms with Crippen LogP contribution < -0.4 is 10.2 Å². The third kappa shape index (κ3) is 7.34. The molecule has 0 saturated carbocycles. The minimum absolute atomic E-state index is 0.0406. The number of anilines is 2. The SMILES string of the molecule is Cc1nc(C(F)(F)P)ccc1C(=O)N(C)c1cc(C(=O)Nc2ccc(Cl)c(-c3ccccn3)c2)ccc1CS(C)(=O)=O. The highest BCUT2D eigenvalue weighted by atomic mass is 35.5. The van der Waals surface area contributed by atoms with E-state index in [-0.39, 0.29) is 28.1 Å². The van der Waals surface area contributed by atoms with E-state index in [9.17, 15) is 26.8 Å². The molecule has 1 N–H and O–H groups in total. The van der Waals surface area contributed by atoms with E-state index in [1.807, 2.05) is 6.07 Å². The number of sulfone groups is 1. The second-order valence-corrected chi connectivity index (χ2v) is 12.9. The van der Waals surface area contributed by atoms with Gasteiger partial charge in [-0.3, -0.25) is 19.6 Å². The van der Waals surface area contributed by atoms with Gasteiger partial charge in [0.2, 0.25) is 0 Å². The molecule has 4 rings (SSSR count). The third-order valence-electron chi connectivity index (χ3n) is 6.25. The Morgan fingerprint density at radius 3 is 2.43 bits per heavy atom. The molecule has 0 spiro atoms. The van der Waals surface area contributed by atoms with Gasteiger partial charge in [0.1, 0.15) is 5.69 Å². The smallest absolute Gasteiger partial charge is 0.300 e. The van der Waals surface area contributed by atoms with Crippen molar-refractivity contribution in [1.82, 2.24) is 9.97 Å². The van der Waals surface area contributed by atoms with Crippen molar-refractivity contribution >= 4 is 53.9 Å². The lowest BCUT2D eigenvalue weighted by Crippen LogP contribution is -2.29. The molecule has 13 heteroatoms. The lowest BCUT2D eigenvalue weighted by molar-refractivity contribution is 0.0964. The van der Waals surface area contributed by atoms with E-state index in [0.29, 0.717) is 22.0 Å². The first-order valence-corrected chi connectivity index (χ1v) is 15.4. The van der Waals surface area contributed by atoms with E-state index in [1.165, 1.54) is 52.4 Å². The fourth-order valence-corrected chi connectivity index (χ4v) is 5.39. The summed E-state index contributed by atoms with van der Waals surface area (Å²) in [5.41, 5.74) is -1.46. The number of halogens is 3. The van der Waals surface area contributed by atoms with Gasteiger partial charge in [-0.1, -0.05) is 33.0 Å². The molecular weight excluding hydrogens is 605 g/mol. The van der Waals surface area contributed by atoms with Gasteiger partial charge >= 0.3 is 0 Å². The number of amides is 2. The average Bonchev–Trinajstić information content (AvgIpc) is 2.92. The summed E-state index contributed by atoms with van der Waals surface area (Å²) in [6, 6.07) is 16.9. The van der Waals surface area contributed by atoms with Crippen LogP contribution in [0, 0.1) is 6.92 Å². The molecule has 42 heavy (non-hydrogen) atoms. The fraction of sp³-hybridized carbons (Fsp3) is 0.172. The van der Waals surface area contributed by atoms with Gasteiger partial charge in [-0.25, -0.2) is 8.42 Å². The molecule has 218 valence electrons.